The Morgan fingerprint density at radius 2 is 2.05 bits per heavy atom. The predicted octanol–water partition coefficient (Wildman–Crippen LogP) is 0.537. The van der Waals surface area contributed by atoms with E-state index in [0.29, 0.717) is 0 Å². The van der Waals surface area contributed by atoms with Gasteiger partial charge in [0.2, 0.25) is 5.91 Å². The Morgan fingerprint density at radius 3 is 2.58 bits per heavy atom. The molecule has 0 heterocycles. The van der Waals surface area contributed by atoms with Crippen molar-refractivity contribution in [1.82, 2.24) is 5.32 Å². The van der Waals surface area contributed by atoms with Gasteiger partial charge in [0.05, 0.1) is 17.0 Å². The lowest BCUT2D eigenvalue weighted by Gasteiger charge is -2.13. The second-order valence-electron chi connectivity index (χ2n) is 3.64. The van der Waals surface area contributed by atoms with Crippen molar-refractivity contribution in [3.05, 3.63) is 34.6 Å². The van der Waals surface area contributed by atoms with Crippen LogP contribution in [-0.4, -0.2) is 28.9 Å². The molecular weight excluding hydrogens is 279 g/mol. The normalized spacial score (nSPS) is 11.7. The molecule has 0 saturated carbocycles. The number of nitrogens with two attached hydrogens (primary N) is 1. The van der Waals surface area contributed by atoms with E-state index in [1.807, 2.05) is 5.32 Å². The van der Waals surface area contributed by atoms with Gasteiger partial charge in [-0.1, -0.05) is 17.7 Å². The van der Waals surface area contributed by atoms with Crippen molar-refractivity contribution in [3.8, 4) is 0 Å². The summed E-state index contributed by atoms with van der Waals surface area (Å²) in [5.41, 5.74) is 4.44. The zero-order chi connectivity index (χ0) is 14.6. The molecule has 4 N–H and O–H groups in total. The van der Waals surface area contributed by atoms with Crippen LogP contribution in [-0.2, 0) is 9.59 Å². The number of hydrogen-bond acceptors (Lipinski definition) is 3. The highest BCUT2D eigenvalue weighted by Gasteiger charge is 2.24. The molecule has 8 heteroatoms. The third-order valence-electron chi connectivity index (χ3n) is 2.20. The number of carboxylic acid groups (broad SMARTS) is 1. The average molecular weight is 289 g/mol. The number of benzene rings is 1. The Hall–Kier alpha value is -2.15. The fourth-order valence-electron chi connectivity index (χ4n) is 1.32. The maximum atomic E-state index is 13.5. The van der Waals surface area contributed by atoms with Crippen molar-refractivity contribution < 1.29 is 23.9 Å². The number of rotatable bonds is 5. The van der Waals surface area contributed by atoms with Gasteiger partial charge in [0.25, 0.3) is 5.91 Å². The van der Waals surface area contributed by atoms with Crippen LogP contribution in [0.4, 0.5) is 4.39 Å². The summed E-state index contributed by atoms with van der Waals surface area (Å²) in [6, 6.07) is 2.19. The minimum Gasteiger partial charge on any atom is -0.480 e. The maximum Gasteiger partial charge on any atom is 0.326 e. The quantitative estimate of drug-likeness (QED) is 0.734. The minimum atomic E-state index is -1.52. The van der Waals surface area contributed by atoms with E-state index in [2.05, 4.69) is 0 Å². The summed E-state index contributed by atoms with van der Waals surface area (Å²) in [5, 5.41) is 10.5. The second-order valence-corrected chi connectivity index (χ2v) is 4.04. The van der Waals surface area contributed by atoms with Crippen molar-refractivity contribution in [2.45, 2.75) is 12.5 Å². The smallest absolute Gasteiger partial charge is 0.326 e. The summed E-state index contributed by atoms with van der Waals surface area (Å²) in [6.07, 6.45) is -0.594. The SMILES string of the molecule is NC(=O)CC(NC(=O)c1cccc(Cl)c1F)C(=O)O. The van der Waals surface area contributed by atoms with E-state index in [0.717, 1.165) is 6.07 Å². The van der Waals surface area contributed by atoms with Crippen molar-refractivity contribution in [2.75, 3.05) is 0 Å². The van der Waals surface area contributed by atoms with Crippen LogP contribution in [0, 0.1) is 5.82 Å². The molecule has 1 aromatic rings. The monoisotopic (exact) mass is 288 g/mol. The molecule has 0 bridgehead atoms. The van der Waals surface area contributed by atoms with Gasteiger partial charge in [0.15, 0.2) is 5.82 Å². The van der Waals surface area contributed by atoms with Gasteiger partial charge < -0.3 is 16.2 Å². The number of primary amides is 1. The lowest BCUT2D eigenvalue weighted by atomic mass is 10.1. The number of carbonyl (C=O) groups excluding carboxylic acids is 2. The first-order chi connectivity index (χ1) is 8.82. The summed E-state index contributed by atoms with van der Waals surface area (Å²) in [5.74, 6) is -4.31. The first-order valence-electron chi connectivity index (χ1n) is 5.09. The van der Waals surface area contributed by atoms with Gasteiger partial charge in [-0.2, -0.15) is 0 Å². The number of carbonyl (C=O) groups is 3. The molecule has 1 atom stereocenters. The Bertz CT molecular complexity index is 535. The van der Waals surface area contributed by atoms with E-state index in [9.17, 15) is 18.8 Å². The molecule has 6 nitrogen and oxygen atoms in total. The third-order valence-corrected chi connectivity index (χ3v) is 2.50. The van der Waals surface area contributed by atoms with Gasteiger partial charge in [-0.05, 0) is 12.1 Å². The minimum absolute atomic E-state index is 0.269. The zero-order valence-corrected chi connectivity index (χ0v) is 10.3. The summed E-state index contributed by atoms with van der Waals surface area (Å²) >= 11 is 5.50. The standard InChI is InChI=1S/C11H10ClFN2O4/c12-6-3-1-2-5(9(6)13)10(17)15-7(11(18)19)4-8(14)16/h1-3,7H,4H2,(H2,14,16)(H,15,17)(H,18,19). The molecule has 0 fully saturated rings. The predicted molar refractivity (Wildman–Crippen MR) is 64.1 cm³/mol. The van der Waals surface area contributed by atoms with Crippen LogP contribution in [0.25, 0.3) is 0 Å². The Morgan fingerprint density at radius 1 is 1.42 bits per heavy atom. The number of amides is 2. The molecule has 0 aliphatic rings. The molecule has 1 aromatic carbocycles. The molecule has 2 amide bonds. The first kappa shape index (κ1) is 14.9. The summed E-state index contributed by atoms with van der Waals surface area (Å²) in [6.45, 7) is 0. The van der Waals surface area contributed by atoms with Crippen LogP contribution in [0.3, 0.4) is 0 Å². The molecule has 0 spiro atoms. The van der Waals surface area contributed by atoms with Crippen LogP contribution < -0.4 is 11.1 Å². The largest absolute Gasteiger partial charge is 0.480 e. The summed E-state index contributed by atoms with van der Waals surface area (Å²) in [4.78, 5) is 33.2. The average Bonchev–Trinajstić information content (AvgIpc) is 2.31. The first-order valence-corrected chi connectivity index (χ1v) is 5.46. The topological polar surface area (TPSA) is 109 Å². The van der Waals surface area contributed by atoms with Crippen LogP contribution in [0.2, 0.25) is 5.02 Å². The van der Waals surface area contributed by atoms with Crippen LogP contribution in [0.15, 0.2) is 18.2 Å². The highest BCUT2D eigenvalue weighted by molar-refractivity contribution is 6.31. The Balaban J connectivity index is 2.91. The number of carboxylic acids is 1. The van der Waals surface area contributed by atoms with Gasteiger partial charge in [0.1, 0.15) is 6.04 Å². The lowest BCUT2D eigenvalue weighted by molar-refractivity contribution is -0.140. The van der Waals surface area contributed by atoms with E-state index in [4.69, 9.17) is 22.4 Å². The fraction of sp³-hybridized carbons (Fsp3) is 0.182. The van der Waals surface area contributed by atoms with Gasteiger partial charge in [-0.3, -0.25) is 9.59 Å². The Labute approximate surface area is 112 Å². The number of hydrogen-bond donors (Lipinski definition) is 3. The van der Waals surface area contributed by atoms with E-state index in [-0.39, 0.29) is 5.02 Å². The van der Waals surface area contributed by atoms with Crippen molar-refractivity contribution in [2.24, 2.45) is 5.73 Å². The highest BCUT2D eigenvalue weighted by Crippen LogP contribution is 2.17. The molecule has 19 heavy (non-hydrogen) atoms. The molecule has 1 rings (SSSR count). The number of aliphatic carboxylic acids is 1. The molecule has 102 valence electrons. The molecule has 0 radical (unpaired) electrons. The van der Waals surface area contributed by atoms with Crippen LogP contribution in [0.1, 0.15) is 16.8 Å². The van der Waals surface area contributed by atoms with Crippen LogP contribution >= 0.6 is 11.6 Å². The van der Waals surface area contributed by atoms with E-state index < -0.39 is 41.6 Å². The lowest BCUT2D eigenvalue weighted by Crippen LogP contribution is -2.43. The zero-order valence-electron chi connectivity index (χ0n) is 9.52. The van der Waals surface area contributed by atoms with E-state index in [1.54, 1.807) is 0 Å². The van der Waals surface area contributed by atoms with E-state index in [1.165, 1.54) is 12.1 Å². The molecule has 1 unspecified atom stereocenters. The number of nitrogens with one attached hydrogen (secondary N) is 1. The van der Waals surface area contributed by atoms with Gasteiger partial charge >= 0.3 is 5.97 Å². The summed E-state index contributed by atoms with van der Waals surface area (Å²) in [7, 11) is 0. The molecular formula is C11H10ClFN2O4. The van der Waals surface area contributed by atoms with Crippen molar-refractivity contribution in [3.63, 3.8) is 0 Å². The van der Waals surface area contributed by atoms with Gasteiger partial charge in [-0.25, -0.2) is 9.18 Å². The van der Waals surface area contributed by atoms with Crippen LogP contribution in [0.5, 0.6) is 0 Å². The molecule has 0 saturated heterocycles. The molecule has 0 aliphatic heterocycles. The van der Waals surface area contributed by atoms with Gasteiger partial charge in [-0.15, -0.1) is 0 Å². The maximum absolute atomic E-state index is 13.5. The third kappa shape index (κ3) is 3.92. The van der Waals surface area contributed by atoms with Gasteiger partial charge in [0, 0.05) is 0 Å². The van der Waals surface area contributed by atoms with E-state index >= 15 is 0 Å². The van der Waals surface area contributed by atoms with Crippen molar-refractivity contribution >= 4 is 29.4 Å². The highest BCUT2D eigenvalue weighted by atomic mass is 35.5. The summed E-state index contributed by atoms with van der Waals surface area (Å²) < 4.78 is 13.5. The molecule has 0 aromatic heterocycles. The second kappa shape index (κ2) is 6.14. The number of halogens is 2. The molecule has 0 aliphatic carbocycles. The fourth-order valence-corrected chi connectivity index (χ4v) is 1.49. The Kier molecular flexibility index (Phi) is 4.82. The van der Waals surface area contributed by atoms with Crippen molar-refractivity contribution in [1.29, 1.82) is 0 Å².